The van der Waals surface area contributed by atoms with Crippen molar-refractivity contribution in [1.82, 2.24) is 5.32 Å². The lowest BCUT2D eigenvalue weighted by Crippen LogP contribution is -2.22. The van der Waals surface area contributed by atoms with Crippen LogP contribution in [0.2, 0.25) is 0 Å². The van der Waals surface area contributed by atoms with Crippen molar-refractivity contribution in [2.45, 2.75) is 6.92 Å². The quantitative estimate of drug-likeness (QED) is 0.414. The second-order valence-corrected chi connectivity index (χ2v) is 1.24. The third-order valence-electron chi connectivity index (χ3n) is 0.576. The van der Waals surface area contributed by atoms with Crippen LogP contribution in [-0.4, -0.2) is 19.2 Å². The highest BCUT2D eigenvalue weighted by Gasteiger charge is 1.85. The topological polar surface area (TPSA) is 38.3 Å². The summed E-state index contributed by atoms with van der Waals surface area (Å²) >= 11 is 0. The van der Waals surface area contributed by atoms with Gasteiger partial charge in [0.1, 0.15) is 6.73 Å². The largest absolute Gasteiger partial charge is 0.362 e. The fourth-order valence-corrected chi connectivity index (χ4v) is 0.234. The van der Waals surface area contributed by atoms with Crippen molar-refractivity contribution < 1.29 is 9.53 Å². The van der Waals surface area contributed by atoms with Crippen molar-refractivity contribution >= 4 is 5.91 Å². The maximum atomic E-state index is 10.0. The van der Waals surface area contributed by atoms with Gasteiger partial charge in [-0.05, 0) is 6.92 Å². The van der Waals surface area contributed by atoms with E-state index < -0.39 is 0 Å². The van der Waals surface area contributed by atoms with Crippen LogP contribution in [0.15, 0.2) is 0 Å². The number of amides is 1. The molecule has 0 bridgehead atoms. The predicted molar refractivity (Wildman–Crippen MR) is 30.0 cm³/mol. The molecule has 0 aromatic carbocycles. The van der Waals surface area contributed by atoms with Crippen LogP contribution >= 0.6 is 0 Å². The van der Waals surface area contributed by atoms with Crippen LogP contribution in [-0.2, 0) is 9.53 Å². The molecule has 0 aliphatic heterocycles. The number of ether oxygens (including phenoxy) is 1. The molecule has 8 heavy (non-hydrogen) atoms. The molecular formula is C5H10NO2. The fraction of sp³-hybridized carbons (Fsp3) is 0.600. The molecule has 0 atom stereocenters. The maximum Gasteiger partial charge on any atom is 0.222 e. The summed E-state index contributed by atoms with van der Waals surface area (Å²) in [6, 6.07) is 0. The van der Waals surface area contributed by atoms with E-state index in [-0.39, 0.29) is 12.6 Å². The van der Waals surface area contributed by atoms with E-state index in [2.05, 4.69) is 12.2 Å². The predicted octanol–water partition coefficient (Wildman–Crippen LogP) is -0.0693. The summed E-state index contributed by atoms with van der Waals surface area (Å²) in [4.78, 5) is 10.0. The average molecular weight is 116 g/mol. The molecule has 3 heteroatoms. The molecule has 47 valence electrons. The maximum absolute atomic E-state index is 10.0. The SMILES string of the molecule is [CH2]C(=O)NCOCC. The van der Waals surface area contributed by atoms with E-state index in [1.54, 1.807) is 0 Å². The first kappa shape index (κ1) is 7.43. The number of hydrogen-bond acceptors (Lipinski definition) is 2. The van der Waals surface area contributed by atoms with Crippen LogP contribution in [0.1, 0.15) is 6.92 Å². The van der Waals surface area contributed by atoms with Gasteiger partial charge in [0.2, 0.25) is 5.91 Å². The Labute approximate surface area is 49.0 Å². The lowest BCUT2D eigenvalue weighted by molar-refractivity contribution is -0.118. The summed E-state index contributed by atoms with van der Waals surface area (Å²) in [7, 11) is 0. The second kappa shape index (κ2) is 4.59. The average Bonchev–Trinajstić information content (AvgIpc) is 1.66. The normalized spacial score (nSPS) is 8.75. The Hall–Kier alpha value is -0.570. The number of carbonyl (C=O) groups is 1. The molecule has 0 aliphatic rings. The minimum Gasteiger partial charge on any atom is -0.362 e. The molecule has 0 unspecified atom stereocenters. The smallest absolute Gasteiger partial charge is 0.222 e. The molecular weight excluding hydrogens is 106 g/mol. The fourth-order valence-electron chi connectivity index (χ4n) is 0.234. The monoisotopic (exact) mass is 116 g/mol. The van der Waals surface area contributed by atoms with Crippen molar-refractivity contribution in [3.05, 3.63) is 6.92 Å². The first-order chi connectivity index (χ1) is 3.77. The zero-order valence-corrected chi connectivity index (χ0v) is 4.94. The van der Waals surface area contributed by atoms with Gasteiger partial charge in [-0.3, -0.25) is 4.79 Å². The molecule has 0 saturated heterocycles. The zero-order chi connectivity index (χ0) is 6.41. The van der Waals surface area contributed by atoms with Gasteiger partial charge in [-0.25, -0.2) is 0 Å². The van der Waals surface area contributed by atoms with Crippen LogP contribution in [0.4, 0.5) is 0 Å². The summed E-state index contributed by atoms with van der Waals surface area (Å²) in [5.74, 6) is -0.307. The first-order valence-corrected chi connectivity index (χ1v) is 2.45. The van der Waals surface area contributed by atoms with Gasteiger partial charge >= 0.3 is 0 Å². The highest BCUT2D eigenvalue weighted by Crippen LogP contribution is 1.66. The van der Waals surface area contributed by atoms with Crippen molar-refractivity contribution in [3.63, 3.8) is 0 Å². The third kappa shape index (κ3) is 5.43. The molecule has 0 aromatic heterocycles. The van der Waals surface area contributed by atoms with Crippen molar-refractivity contribution in [2.24, 2.45) is 0 Å². The lowest BCUT2D eigenvalue weighted by atomic mass is 10.7. The number of nitrogens with one attached hydrogen (secondary N) is 1. The minimum atomic E-state index is -0.307. The number of hydrogen-bond donors (Lipinski definition) is 1. The van der Waals surface area contributed by atoms with E-state index in [1.165, 1.54) is 0 Å². The molecule has 0 aromatic rings. The van der Waals surface area contributed by atoms with Crippen LogP contribution in [0.3, 0.4) is 0 Å². The number of rotatable bonds is 3. The van der Waals surface area contributed by atoms with Gasteiger partial charge in [-0.15, -0.1) is 0 Å². The molecule has 0 heterocycles. The molecule has 1 amide bonds. The van der Waals surface area contributed by atoms with E-state index in [1.807, 2.05) is 6.92 Å². The highest BCUT2D eigenvalue weighted by molar-refractivity contribution is 5.79. The van der Waals surface area contributed by atoms with Gasteiger partial charge in [0.15, 0.2) is 0 Å². The van der Waals surface area contributed by atoms with E-state index in [9.17, 15) is 4.79 Å². The Morgan fingerprint density at radius 3 is 2.88 bits per heavy atom. The minimum absolute atomic E-state index is 0.263. The van der Waals surface area contributed by atoms with Gasteiger partial charge in [-0.1, -0.05) is 0 Å². The molecule has 0 fully saturated rings. The van der Waals surface area contributed by atoms with E-state index in [4.69, 9.17) is 4.74 Å². The summed E-state index contributed by atoms with van der Waals surface area (Å²) in [6.07, 6.45) is 0. The Bertz CT molecular complexity index is 72.8. The van der Waals surface area contributed by atoms with Gasteiger partial charge < -0.3 is 10.1 Å². The first-order valence-electron chi connectivity index (χ1n) is 2.45. The summed E-state index contributed by atoms with van der Waals surface area (Å²) in [5, 5.41) is 2.37. The van der Waals surface area contributed by atoms with Crippen LogP contribution in [0, 0.1) is 6.92 Å². The van der Waals surface area contributed by atoms with Crippen LogP contribution < -0.4 is 5.32 Å². The van der Waals surface area contributed by atoms with Crippen molar-refractivity contribution in [2.75, 3.05) is 13.3 Å². The molecule has 1 N–H and O–H groups in total. The Morgan fingerprint density at radius 1 is 1.88 bits per heavy atom. The van der Waals surface area contributed by atoms with Crippen molar-refractivity contribution in [3.8, 4) is 0 Å². The molecule has 0 aliphatic carbocycles. The molecule has 0 spiro atoms. The summed E-state index contributed by atoms with van der Waals surface area (Å²) < 4.78 is 4.77. The number of carbonyl (C=O) groups excluding carboxylic acids is 1. The lowest BCUT2D eigenvalue weighted by Gasteiger charge is -1.98. The van der Waals surface area contributed by atoms with Crippen LogP contribution in [0.25, 0.3) is 0 Å². The molecule has 1 radical (unpaired) electrons. The summed E-state index contributed by atoms with van der Waals surface area (Å²) in [6.45, 7) is 5.81. The highest BCUT2D eigenvalue weighted by atomic mass is 16.5. The Balaban J connectivity index is 2.82. The zero-order valence-electron chi connectivity index (χ0n) is 4.94. The summed E-state index contributed by atoms with van der Waals surface area (Å²) in [5.41, 5.74) is 0. The van der Waals surface area contributed by atoms with Gasteiger partial charge in [-0.2, -0.15) is 0 Å². The molecule has 0 rings (SSSR count). The van der Waals surface area contributed by atoms with Crippen LogP contribution in [0.5, 0.6) is 0 Å². The van der Waals surface area contributed by atoms with Crippen molar-refractivity contribution in [1.29, 1.82) is 0 Å². The standard InChI is InChI=1S/C5H10NO2/c1-3-8-4-6-5(2)7/h2-4H2,1H3,(H,6,7). The Morgan fingerprint density at radius 2 is 2.50 bits per heavy atom. The Kier molecular flexibility index (Phi) is 4.26. The van der Waals surface area contributed by atoms with E-state index >= 15 is 0 Å². The van der Waals surface area contributed by atoms with Gasteiger partial charge in [0.05, 0.1) is 0 Å². The van der Waals surface area contributed by atoms with Gasteiger partial charge in [0.25, 0.3) is 0 Å². The van der Waals surface area contributed by atoms with E-state index in [0.717, 1.165) is 0 Å². The van der Waals surface area contributed by atoms with E-state index in [0.29, 0.717) is 6.61 Å². The van der Waals surface area contributed by atoms with Gasteiger partial charge in [0, 0.05) is 13.5 Å². The second-order valence-electron chi connectivity index (χ2n) is 1.24. The molecule has 3 nitrogen and oxygen atoms in total. The third-order valence-corrected chi connectivity index (χ3v) is 0.576. The molecule has 0 saturated carbocycles.